The van der Waals surface area contributed by atoms with Crippen LogP contribution in [0.2, 0.25) is 5.02 Å². The van der Waals surface area contributed by atoms with Crippen molar-refractivity contribution < 1.29 is 4.79 Å². The summed E-state index contributed by atoms with van der Waals surface area (Å²) in [5.74, 6) is 1.11. The molecule has 0 heterocycles. The Balaban J connectivity index is 0.00000161. The third-order valence-electron chi connectivity index (χ3n) is 4.78. The van der Waals surface area contributed by atoms with Gasteiger partial charge >= 0.3 is 0 Å². The highest BCUT2D eigenvalue weighted by Crippen LogP contribution is 2.39. The molecule has 2 aliphatic carbocycles. The molecule has 1 aromatic rings. The van der Waals surface area contributed by atoms with Gasteiger partial charge in [0.1, 0.15) is 0 Å². The van der Waals surface area contributed by atoms with E-state index in [-0.39, 0.29) is 18.3 Å². The van der Waals surface area contributed by atoms with E-state index < -0.39 is 0 Å². The molecule has 3 N–H and O–H groups in total. The smallest absolute Gasteiger partial charge is 0.251 e. The number of carbonyl (C=O) groups excluding carboxylic acids is 1. The molecule has 0 aromatic heterocycles. The van der Waals surface area contributed by atoms with Crippen LogP contribution in [-0.4, -0.2) is 18.0 Å². The lowest BCUT2D eigenvalue weighted by Crippen LogP contribution is -2.53. The first-order valence-corrected chi connectivity index (χ1v) is 7.83. The van der Waals surface area contributed by atoms with Gasteiger partial charge in [0, 0.05) is 22.7 Å². The van der Waals surface area contributed by atoms with Gasteiger partial charge < -0.3 is 11.1 Å². The van der Waals surface area contributed by atoms with Crippen molar-refractivity contribution in [3.05, 3.63) is 34.9 Å². The second-order valence-corrected chi connectivity index (χ2v) is 6.63. The SMILES string of the molecule is Cl.NC1CC2CCCC(C1)C2NC(=O)c1ccc(Cl)cc1. The lowest BCUT2D eigenvalue weighted by Gasteiger charge is -2.45. The van der Waals surface area contributed by atoms with Gasteiger partial charge in [-0.2, -0.15) is 0 Å². The highest BCUT2D eigenvalue weighted by molar-refractivity contribution is 6.30. The Morgan fingerprint density at radius 1 is 1.14 bits per heavy atom. The summed E-state index contributed by atoms with van der Waals surface area (Å²) in [5.41, 5.74) is 6.80. The van der Waals surface area contributed by atoms with Crippen LogP contribution in [0.5, 0.6) is 0 Å². The number of nitrogens with one attached hydrogen (secondary N) is 1. The highest BCUT2D eigenvalue weighted by Gasteiger charge is 2.39. The van der Waals surface area contributed by atoms with Gasteiger partial charge in [0.05, 0.1) is 0 Å². The van der Waals surface area contributed by atoms with Gasteiger partial charge in [-0.3, -0.25) is 4.79 Å². The molecule has 3 rings (SSSR count). The van der Waals surface area contributed by atoms with Crippen molar-refractivity contribution in [1.82, 2.24) is 5.32 Å². The quantitative estimate of drug-likeness (QED) is 0.874. The molecule has 1 amide bonds. The number of amides is 1. The zero-order valence-electron chi connectivity index (χ0n) is 11.9. The monoisotopic (exact) mass is 328 g/mol. The fourth-order valence-electron chi connectivity index (χ4n) is 3.86. The average Bonchev–Trinajstić information content (AvgIpc) is 2.40. The maximum absolute atomic E-state index is 12.4. The minimum absolute atomic E-state index is 0. The number of hydrogen-bond acceptors (Lipinski definition) is 2. The summed E-state index contributed by atoms with van der Waals surface area (Å²) < 4.78 is 0. The molecule has 0 saturated heterocycles. The van der Waals surface area contributed by atoms with E-state index in [9.17, 15) is 4.79 Å². The average molecular weight is 329 g/mol. The van der Waals surface area contributed by atoms with E-state index in [1.807, 2.05) is 0 Å². The van der Waals surface area contributed by atoms with Crippen molar-refractivity contribution in [2.75, 3.05) is 0 Å². The zero-order valence-corrected chi connectivity index (χ0v) is 13.5. The van der Waals surface area contributed by atoms with Crippen LogP contribution in [0, 0.1) is 11.8 Å². The zero-order chi connectivity index (χ0) is 14.1. The number of benzene rings is 1. The van der Waals surface area contributed by atoms with Gasteiger partial charge in [0.15, 0.2) is 0 Å². The van der Waals surface area contributed by atoms with Gasteiger partial charge in [-0.25, -0.2) is 0 Å². The summed E-state index contributed by atoms with van der Waals surface area (Å²) in [7, 11) is 0. The Morgan fingerprint density at radius 3 is 2.29 bits per heavy atom. The van der Waals surface area contributed by atoms with Crippen molar-refractivity contribution >= 4 is 29.9 Å². The van der Waals surface area contributed by atoms with Crippen LogP contribution in [0.4, 0.5) is 0 Å². The predicted octanol–water partition coefficient (Wildman–Crippen LogP) is 3.40. The van der Waals surface area contributed by atoms with Crippen LogP contribution < -0.4 is 11.1 Å². The molecule has 2 saturated carbocycles. The Labute approximate surface area is 137 Å². The molecule has 1 aromatic carbocycles. The summed E-state index contributed by atoms with van der Waals surface area (Å²) >= 11 is 5.86. The molecule has 2 atom stereocenters. The first-order chi connectivity index (χ1) is 9.63. The van der Waals surface area contributed by atoms with E-state index in [1.54, 1.807) is 24.3 Å². The van der Waals surface area contributed by atoms with E-state index >= 15 is 0 Å². The normalized spacial score (nSPS) is 31.1. The van der Waals surface area contributed by atoms with E-state index in [4.69, 9.17) is 17.3 Å². The lowest BCUT2D eigenvalue weighted by atomic mass is 9.67. The fourth-order valence-corrected chi connectivity index (χ4v) is 3.99. The van der Waals surface area contributed by atoms with Crippen molar-refractivity contribution in [3.8, 4) is 0 Å². The molecule has 2 unspecified atom stereocenters. The van der Waals surface area contributed by atoms with E-state index in [0.717, 1.165) is 12.8 Å². The largest absolute Gasteiger partial charge is 0.349 e. The first kappa shape index (κ1) is 16.6. The maximum atomic E-state index is 12.4. The highest BCUT2D eigenvalue weighted by atomic mass is 35.5. The van der Waals surface area contributed by atoms with Crippen molar-refractivity contribution in [3.63, 3.8) is 0 Å². The number of rotatable bonds is 2. The molecule has 116 valence electrons. The molecular formula is C16H22Cl2N2O. The van der Waals surface area contributed by atoms with Crippen LogP contribution in [0.3, 0.4) is 0 Å². The molecular weight excluding hydrogens is 307 g/mol. The Hall–Kier alpha value is -0.770. The van der Waals surface area contributed by atoms with E-state index in [1.165, 1.54) is 19.3 Å². The molecule has 0 radical (unpaired) electrons. The Kier molecular flexibility index (Phi) is 5.53. The molecule has 0 spiro atoms. The van der Waals surface area contributed by atoms with Crippen LogP contribution in [0.15, 0.2) is 24.3 Å². The van der Waals surface area contributed by atoms with Crippen molar-refractivity contribution in [2.45, 2.75) is 44.2 Å². The van der Waals surface area contributed by atoms with Crippen LogP contribution in [-0.2, 0) is 0 Å². The number of carbonyl (C=O) groups is 1. The van der Waals surface area contributed by atoms with Gasteiger partial charge in [-0.05, 0) is 61.8 Å². The fraction of sp³-hybridized carbons (Fsp3) is 0.562. The molecule has 0 aliphatic heterocycles. The molecule has 2 aliphatic rings. The van der Waals surface area contributed by atoms with Crippen molar-refractivity contribution in [2.24, 2.45) is 17.6 Å². The maximum Gasteiger partial charge on any atom is 0.251 e. The standard InChI is InChI=1S/C16H21ClN2O.ClH/c17-13-6-4-10(5-7-13)16(20)19-15-11-2-1-3-12(15)9-14(18)8-11;/h4-7,11-12,14-15H,1-3,8-9,18H2,(H,19,20);1H. The second kappa shape index (κ2) is 6.99. The number of fused-ring (bicyclic) bond motifs is 2. The topological polar surface area (TPSA) is 55.1 Å². The number of halogens is 2. The Bertz CT molecular complexity index is 478. The van der Waals surface area contributed by atoms with E-state index in [2.05, 4.69) is 5.32 Å². The third-order valence-corrected chi connectivity index (χ3v) is 5.03. The van der Waals surface area contributed by atoms with Gasteiger partial charge in [0.25, 0.3) is 5.91 Å². The molecule has 2 bridgehead atoms. The predicted molar refractivity (Wildman–Crippen MR) is 88.0 cm³/mol. The van der Waals surface area contributed by atoms with Gasteiger partial charge in [0.2, 0.25) is 0 Å². The molecule has 3 nitrogen and oxygen atoms in total. The number of nitrogens with two attached hydrogens (primary N) is 1. The Morgan fingerprint density at radius 2 is 1.71 bits per heavy atom. The van der Waals surface area contributed by atoms with Gasteiger partial charge in [-0.15, -0.1) is 12.4 Å². The van der Waals surface area contributed by atoms with Crippen LogP contribution in [0.25, 0.3) is 0 Å². The molecule has 21 heavy (non-hydrogen) atoms. The molecule has 5 heteroatoms. The summed E-state index contributed by atoms with van der Waals surface area (Å²) in [6.07, 6.45) is 5.74. The van der Waals surface area contributed by atoms with Crippen LogP contribution in [0.1, 0.15) is 42.5 Å². The first-order valence-electron chi connectivity index (χ1n) is 7.45. The number of hydrogen-bond donors (Lipinski definition) is 2. The minimum atomic E-state index is 0. The minimum Gasteiger partial charge on any atom is -0.349 e. The summed E-state index contributed by atoms with van der Waals surface area (Å²) in [6, 6.07) is 7.69. The molecule has 2 fully saturated rings. The van der Waals surface area contributed by atoms with Crippen LogP contribution >= 0.6 is 24.0 Å². The van der Waals surface area contributed by atoms with Gasteiger partial charge in [-0.1, -0.05) is 18.0 Å². The third kappa shape index (κ3) is 3.71. The lowest BCUT2D eigenvalue weighted by molar-refractivity contribution is 0.0756. The van der Waals surface area contributed by atoms with Crippen molar-refractivity contribution in [1.29, 1.82) is 0 Å². The summed E-state index contributed by atoms with van der Waals surface area (Å²) in [4.78, 5) is 12.4. The summed E-state index contributed by atoms with van der Waals surface area (Å²) in [5, 5.41) is 3.89. The van der Waals surface area contributed by atoms with E-state index in [0.29, 0.717) is 34.5 Å². The second-order valence-electron chi connectivity index (χ2n) is 6.19. The summed E-state index contributed by atoms with van der Waals surface area (Å²) in [6.45, 7) is 0.